The summed E-state index contributed by atoms with van der Waals surface area (Å²) in [7, 11) is 0. The quantitative estimate of drug-likeness (QED) is 0.793. The summed E-state index contributed by atoms with van der Waals surface area (Å²) in [6, 6.07) is 6.23. The maximum Gasteiger partial charge on any atom is 0.227 e. The highest BCUT2D eigenvalue weighted by Gasteiger charge is 2.36. The second-order valence-electron chi connectivity index (χ2n) is 7.19. The molecule has 27 heavy (non-hydrogen) atoms. The molecule has 3 rings (SSSR count). The van der Waals surface area contributed by atoms with Crippen LogP contribution in [-0.2, 0) is 14.4 Å². The number of carbonyl (C=O) groups is 3. The van der Waals surface area contributed by atoms with E-state index in [1.165, 1.54) is 11.0 Å². The number of para-hydroxylation sites is 1. The van der Waals surface area contributed by atoms with Gasteiger partial charge in [-0.15, -0.1) is 0 Å². The molecule has 0 unspecified atom stereocenters. The molecular formula is C20H26FN3O3. The van der Waals surface area contributed by atoms with Crippen LogP contribution in [0.25, 0.3) is 0 Å². The van der Waals surface area contributed by atoms with Gasteiger partial charge < -0.3 is 15.1 Å². The van der Waals surface area contributed by atoms with Crippen molar-refractivity contribution in [2.75, 3.05) is 24.5 Å². The molecule has 0 radical (unpaired) electrons. The minimum Gasteiger partial charge on any atom is -0.356 e. The molecule has 7 heteroatoms. The number of likely N-dealkylation sites (tertiary alicyclic amines) is 1. The number of hydrogen-bond acceptors (Lipinski definition) is 3. The Labute approximate surface area is 158 Å². The minimum absolute atomic E-state index is 0.0853. The van der Waals surface area contributed by atoms with Crippen LogP contribution in [0.4, 0.5) is 10.1 Å². The van der Waals surface area contributed by atoms with E-state index in [-0.39, 0.29) is 42.4 Å². The Bertz CT molecular complexity index is 724. The van der Waals surface area contributed by atoms with Crippen molar-refractivity contribution in [1.29, 1.82) is 0 Å². The van der Waals surface area contributed by atoms with Crippen molar-refractivity contribution in [2.24, 2.45) is 5.92 Å². The van der Waals surface area contributed by atoms with Gasteiger partial charge >= 0.3 is 0 Å². The summed E-state index contributed by atoms with van der Waals surface area (Å²) in [4.78, 5) is 39.8. The van der Waals surface area contributed by atoms with E-state index in [1.807, 2.05) is 11.8 Å². The summed E-state index contributed by atoms with van der Waals surface area (Å²) in [5.41, 5.74) is 0.219. The van der Waals surface area contributed by atoms with E-state index in [0.717, 1.165) is 19.4 Å². The predicted octanol–water partition coefficient (Wildman–Crippen LogP) is 2.09. The van der Waals surface area contributed by atoms with Gasteiger partial charge in [-0.3, -0.25) is 14.4 Å². The van der Waals surface area contributed by atoms with Gasteiger partial charge in [0.2, 0.25) is 17.7 Å². The Kier molecular flexibility index (Phi) is 6.08. The van der Waals surface area contributed by atoms with Gasteiger partial charge in [0.15, 0.2) is 0 Å². The molecule has 2 heterocycles. The van der Waals surface area contributed by atoms with Crippen LogP contribution in [0, 0.1) is 11.7 Å². The zero-order chi connectivity index (χ0) is 19.4. The number of benzene rings is 1. The number of halogens is 1. The predicted molar refractivity (Wildman–Crippen MR) is 99.5 cm³/mol. The smallest absolute Gasteiger partial charge is 0.227 e. The summed E-state index contributed by atoms with van der Waals surface area (Å²) in [6.45, 7) is 3.49. The third-order valence-electron chi connectivity index (χ3n) is 5.44. The summed E-state index contributed by atoms with van der Waals surface area (Å²) < 4.78 is 13.9. The van der Waals surface area contributed by atoms with Crippen LogP contribution in [0.3, 0.4) is 0 Å². The SMILES string of the molecule is CC[C@@H](CCNC(=O)[C@@H]1CC(=O)N(c2ccccc2F)C1)N1CCCC1=O. The van der Waals surface area contributed by atoms with Gasteiger partial charge in [0.1, 0.15) is 5.82 Å². The highest BCUT2D eigenvalue weighted by Crippen LogP contribution is 2.27. The average molecular weight is 375 g/mol. The van der Waals surface area contributed by atoms with E-state index in [0.29, 0.717) is 19.4 Å². The number of nitrogens with zero attached hydrogens (tertiary/aromatic N) is 2. The van der Waals surface area contributed by atoms with E-state index >= 15 is 0 Å². The number of anilines is 1. The first-order valence-corrected chi connectivity index (χ1v) is 9.63. The largest absolute Gasteiger partial charge is 0.356 e. The normalized spacial score (nSPS) is 21.0. The number of hydrogen-bond donors (Lipinski definition) is 1. The Balaban J connectivity index is 1.51. The molecule has 2 fully saturated rings. The zero-order valence-corrected chi connectivity index (χ0v) is 15.6. The molecule has 2 aliphatic rings. The Morgan fingerprint density at radius 2 is 2.07 bits per heavy atom. The monoisotopic (exact) mass is 375 g/mol. The van der Waals surface area contributed by atoms with Crippen LogP contribution in [-0.4, -0.2) is 48.3 Å². The molecule has 1 aromatic rings. The second-order valence-corrected chi connectivity index (χ2v) is 7.19. The number of amides is 3. The lowest BCUT2D eigenvalue weighted by Crippen LogP contribution is -2.40. The lowest BCUT2D eigenvalue weighted by atomic mass is 10.1. The van der Waals surface area contributed by atoms with Crippen LogP contribution in [0.1, 0.15) is 39.0 Å². The molecular weight excluding hydrogens is 349 g/mol. The van der Waals surface area contributed by atoms with Gasteiger partial charge in [-0.05, 0) is 31.4 Å². The van der Waals surface area contributed by atoms with Gasteiger partial charge in [0, 0.05) is 38.5 Å². The molecule has 3 amide bonds. The first-order valence-electron chi connectivity index (χ1n) is 9.63. The van der Waals surface area contributed by atoms with Crippen molar-refractivity contribution in [3.8, 4) is 0 Å². The lowest BCUT2D eigenvalue weighted by Gasteiger charge is -2.27. The Hall–Kier alpha value is -2.44. The second kappa shape index (κ2) is 8.50. The zero-order valence-electron chi connectivity index (χ0n) is 15.6. The van der Waals surface area contributed by atoms with E-state index in [9.17, 15) is 18.8 Å². The van der Waals surface area contributed by atoms with Gasteiger partial charge in [0.25, 0.3) is 0 Å². The summed E-state index contributed by atoms with van der Waals surface area (Å²) in [5, 5.41) is 2.89. The van der Waals surface area contributed by atoms with Gasteiger partial charge in [0.05, 0.1) is 11.6 Å². The van der Waals surface area contributed by atoms with E-state index < -0.39 is 11.7 Å². The Morgan fingerprint density at radius 1 is 1.30 bits per heavy atom. The van der Waals surface area contributed by atoms with Crippen LogP contribution in [0.5, 0.6) is 0 Å². The average Bonchev–Trinajstić information content (AvgIpc) is 3.25. The molecule has 2 atom stereocenters. The molecule has 0 aromatic heterocycles. The van der Waals surface area contributed by atoms with Gasteiger partial charge in [-0.2, -0.15) is 0 Å². The maximum atomic E-state index is 13.9. The molecule has 1 aromatic carbocycles. The lowest BCUT2D eigenvalue weighted by molar-refractivity contribution is -0.129. The summed E-state index contributed by atoms with van der Waals surface area (Å²) in [5.74, 6) is -1.19. The molecule has 2 aliphatic heterocycles. The molecule has 146 valence electrons. The molecule has 2 saturated heterocycles. The van der Waals surface area contributed by atoms with E-state index in [4.69, 9.17) is 0 Å². The fraction of sp³-hybridized carbons (Fsp3) is 0.550. The highest BCUT2D eigenvalue weighted by molar-refractivity contribution is 6.00. The van der Waals surface area contributed by atoms with Crippen molar-refractivity contribution < 1.29 is 18.8 Å². The van der Waals surface area contributed by atoms with Crippen molar-refractivity contribution in [3.05, 3.63) is 30.1 Å². The third kappa shape index (κ3) is 4.28. The van der Waals surface area contributed by atoms with Crippen LogP contribution in [0.2, 0.25) is 0 Å². The molecule has 0 aliphatic carbocycles. The fourth-order valence-corrected chi connectivity index (χ4v) is 3.93. The van der Waals surface area contributed by atoms with E-state index in [2.05, 4.69) is 5.32 Å². The molecule has 0 saturated carbocycles. The maximum absolute atomic E-state index is 13.9. The number of nitrogens with one attached hydrogen (secondary N) is 1. The standard InChI is InChI=1S/C20H26FN3O3/c1-2-15(23-11-5-8-18(23)25)9-10-22-20(27)14-12-19(26)24(13-14)17-7-4-3-6-16(17)21/h3-4,6-7,14-15H,2,5,8-13H2,1H3,(H,22,27)/t14-,15+/m1/s1. The molecule has 0 spiro atoms. The number of carbonyl (C=O) groups excluding carboxylic acids is 3. The number of rotatable bonds is 7. The minimum atomic E-state index is -0.481. The molecule has 1 N–H and O–H groups in total. The molecule has 6 nitrogen and oxygen atoms in total. The van der Waals surface area contributed by atoms with Gasteiger partial charge in [-0.1, -0.05) is 19.1 Å². The van der Waals surface area contributed by atoms with Gasteiger partial charge in [-0.25, -0.2) is 4.39 Å². The fourth-order valence-electron chi connectivity index (χ4n) is 3.93. The first-order chi connectivity index (χ1) is 13.0. The summed E-state index contributed by atoms with van der Waals surface area (Å²) >= 11 is 0. The molecule has 0 bridgehead atoms. The van der Waals surface area contributed by atoms with Crippen molar-refractivity contribution in [3.63, 3.8) is 0 Å². The van der Waals surface area contributed by atoms with Crippen molar-refractivity contribution in [2.45, 2.75) is 45.1 Å². The Morgan fingerprint density at radius 3 is 2.74 bits per heavy atom. The van der Waals surface area contributed by atoms with Crippen LogP contribution < -0.4 is 10.2 Å². The first kappa shape index (κ1) is 19.3. The topological polar surface area (TPSA) is 69.7 Å². The van der Waals surface area contributed by atoms with E-state index in [1.54, 1.807) is 18.2 Å². The van der Waals surface area contributed by atoms with Crippen molar-refractivity contribution in [1.82, 2.24) is 10.2 Å². The van der Waals surface area contributed by atoms with Crippen LogP contribution >= 0.6 is 0 Å². The summed E-state index contributed by atoms with van der Waals surface area (Å²) in [6.07, 6.45) is 3.15. The van der Waals surface area contributed by atoms with Crippen LogP contribution in [0.15, 0.2) is 24.3 Å². The third-order valence-corrected chi connectivity index (χ3v) is 5.44. The van der Waals surface area contributed by atoms with Crippen molar-refractivity contribution >= 4 is 23.4 Å². The highest BCUT2D eigenvalue weighted by atomic mass is 19.1.